The lowest BCUT2D eigenvalue weighted by atomic mass is 10.1. The van der Waals surface area contributed by atoms with Gasteiger partial charge in [0.15, 0.2) is 0 Å². The number of nitrogens with one attached hydrogen (secondary N) is 2. The van der Waals surface area contributed by atoms with Gasteiger partial charge in [0.25, 0.3) is 0 Å². The van der Waals surface area contributed by atoms with E-state index in [2.05, 4.69) is 10.6 Å². The highest BCUT2D eigenvalue weighted by molar-refractivity contribution is 5.86. The van der Waals surface area contributed by atoms with E-state index in [0.717, 1.165) is 31.2 Å². The van der Waals surface area contributed by atoms with E-state index < -0.39 is 23.8 Å². The largest absolute Gasteiger partial charge is 0.444 e. The first-order valence-electron chi connectivity index (χ1n) is 10.7. The fraction of sp³-hybridized carbons (Fsp3) is 0.652. The van der Waals surface area contributed by atoms with E-state index in [0.29, 0.717) is 6.61 Å². The van der Waals surface area contributed by atoms with Gasteiger partial charge in [-0.25, -0.2) is 4.79 Å². The van der Waals surface area contributed by atoms with E-state index in [-0.39, 0.29) is 11.9 Å². The topological polar surface area (TPSA) is 76.7 Å². The van der Waals surface area contributed by atoms with Crippen molar-refractivity contribution in [3.05, 3.63) is 35.9 Å². The predicted molar refractivity (Wildman–Crippen MR) is 113 cm³/mol. The Kier molecular flexibility index (Phi) is 8.96. The molecule has 2 N–H and O–H groups in total. The summed E-state index contributed by atoms with van der Waals surface area (Å²) in [6, 6.07) is 9.09. The van der Waals surface area contributed by atoms with Gasteiger partial charge in [-0.2, -0.15) is 0 Å². The molecule has 0 heterocycles. The van der Waals surface area contributed by atoms with Crippen LogP contribution in [-0.2, 0) is 20.9 Å². The van der Waals surface area contributed by atoms with Gasteiger partial charge in [0.1, 0.15) is 11.6 Å². The number of benzene rings is 1. The van der Waals surface area contributed by atoms with Crippen LogP contribution in [0.5, 0.6) is 0 Å². The molecule has 2 rings (SSSR count). The predicted octanol–water partition coefficient (Wildman–Crippen LogP) is 4.32. The van der Waals surface area contributed by atoms with Crippen molar-refractivity contribution in [2.75, 3.05) is 0 Å². The summed E-state index contributed by atoms with van der Waals surface area (Å²) in [5.41, 5.74) is 0.375. The molecule has 2 atom stereocenters. The first-order chi connectivity index (χ1) is 13.7. The zero-order valence-corrected chi connectivity index (χ0v) is 18.2. The molecule has 1 aromatic rings. The zero-order chi connectivity index (χ0) is 21.3. The van der Waals surface area contributed by atoms with Crippen molar-refractivity contribution in [1.82, 2.24) is 10.6 Å². The van der Waals surface area contributed by atoms with Crippen LogP contribution in [0, 0.1) is 0 Å². The van der Waals surface area contributed by atoms with E-state index in [4.69, 9.17) is 9.47 Å². The van der Waals surface area contributed by atoms with Crippen LogP contribution in [0.4, 0.5) is 4.79 Å². The van der Waals surface area contributed by atoms with Crippen molar-refractivity contribution in [1.29, 1.82) is 0 Å². The molecule has 6 heteroatoms. The molecule has 0 aromatic heterocycles. The third kappa shape index (κ3) is 8.86. The van der Waals surface area contributed by atoms with Crippen LogP contribution in [0.3, 0.4) is 0 Å². The van der Waals surface area contributed by atoms with Gasteiger partial charge >= 0.3 is 6.09 Å². The molecule has 29 heavy (non-hydrogen) atoms. The summed E-state index contributed by atoms with van der Waals surface area (Å²) >= 11 is 0. The molecule has 0 unspecified atom stereocenters. The van der Waals surface area contributed by atoms with Crippen LogP contribution in [0.2, 0.25) is 0 Å². The van der Waals surface area contributed by atoms with Crippen molar-refractivity contribution in [2.24, 2.45) is 0 Å². The first kappa shape index (κ1) is 23.2. The Morgan fingerprint density at radius 3 is 2.28 bits per heavy atom. The summed E-state index contributed by atoms with van der Waals surface area (Å²) in [7, 11) is 0. The van der Waals surface area contributed by atoms with Crippen LogP contribution in [0.25, 0.3) is 0 Å². The second-order valence-corrected chi connectivity index (χ2v) is 8.82. The van der Waals surface area contributed by atoms with Crippen LogP contribution in [0.15, 0.2) is 30.3 Å². The Morgan fingerprint density at radius 1 is 1.07 bits per heavy atom. The van der Waals surface area contributed by atoms with Gasteiger partial charge in [-0.15, -0.1) is 0 Å². The second kappa shape index (κ2) is 11.2. The minimum absolute atomic E-state index is 0.147. The van der Waals surface area contributed by atoms with E-state index in [1.54, 1.807) is 27.7 Å². The minimum atomic E-state index is -0.822. The van der Waals surface area contributed by atoms with Crippen molar-refractivity contribution < 1.29 is 19.1 Å². The highest BCUT2D eigenvalue weighted by atomic mass is 16.6. The average Bonchev–Trinajstić information content (AvgIpc) is 2.92. The Bertz CT molecular complexity index is 634. The summed E-state index contributed by atoms with van der Waals surface area (Å²) in [6.07, 6.45) is 5.49. The van der Waals surface area contributed by atoms with Crippen molar-refractivity contribution in [3.63, 3.8) is 0 Å². The zero-order valence-electron chi connectivity index (χ0n) is 18.2. The highest BCUT2D eigenvalue weighted by Crippen LogP contribution is 2.18. The van der Waals surface area contributed by atoms with E-state index in [1.807, 2.05) is 30.3 Å². The van der Waals surface area contributed by atoms with Gasteiger partial charge < -0.3 is 20.1 Å². The van der Waals surface area contributed by atoms with Crippen molar-refractivity contribution >= 4 is 12.0 Å². The maximum Gasteiger partial charge on any atom is 0.408 e. The van der Waals surface area contributed by atoms with Crippen molar-refractivity contribution in [2.45, 2.75) is 96.6 Å². The molecule has 162 valence electrons. The SMILES string of the molecule is C[C@@H](OCc1ccccc1)[C@H](NC(=O)OC(C)(C)C)C(=O)NC1CCCCCC1. The number of carbonyl (C=O) groups excluding carboxylic acids is 2. The summed E-state index contributed by atoms with van der Waals surface area (Å²) in [6.45, 7) is 7.55. The molecular formula is C23H36N2O4. The highest BCUT2D eigenvalue weighted by Gasteiger charge is 2.31. The van der Waals surface area contributed by atoms with Gasteiger partial charge in [0.2, 0.25) is 5.91 Å². The summed E-state index contributed by atoms with van der Waals surface area (Å²) in [5, 5.41) is 5.83. The third-order valence-electron chi connectivity index (χ3n) is 4.98. The third-order valence-corrected chi connectivity index (χ3v) is 4.98. The molecule has 1 fully saturated rings. The van der Waals surface area contributed by atoms with Gasteiger partial charge in [0.05, 0.1) is 12.7 Å². The quantitative estimate of drug-likeness (QED) is 0.664. The molecule has 1 aromatic carbocycles. The molecule has 0 aliphatic heterocycles. The lowest BCUT2D eigenvalue weighted by Crippen LogP contribution is -2.55. The summed E-state index contributed by atoms with van der Waals surface area (Å²) < 4.78 is 11.3. The fourth-order valence-electron chi connectivity index (χ4n) is 3.44. The van der Waals surface area contributed by atoms with E-state index in [1.165, 1.54) is 12.8 Å². The lowest BCUT2D eigenvalue weighted by molar-refractivity contribution is -0.128. The molecule has 0 spiro atoms. The standard InChI is InChI=1S/C23H36N2O4/c1-17(28-16-18-12-8-7-9-13-18)20(25-22(27)29-23(2,3)4)21(26)24-19-14-10-5-6-11-15-19/h7-9,12-13,17,19-20H,5-6,10-11,14-16H2,1-4H3,(H,24,26)(H,25,27)/t17-,20+/m1/s1. The van der Waals surface area contributed by atoms with Crippen LogP contribution in [0.1, 0.15) is 71.8 Å². The van der Waals surface area contributed by atoms with Gasteiger partial charge in [-0.3, -0.25) is 4.79 Å². The van der Waals surface area contributed by atoms with E-state index >= 15 is 0 Å². The minimum Gasteiger partial charge on any atom is -0.444 e. The van der Waals surface area contributed by atoms with Crippen LogP contribution < -0.4 is 10.6 Å². The van der Waals surface area contributed by atoms with Gasteiger partial charge in [-0.05, 0) is 46.1 Å². The van der Waals surface area contributed by atoms with E-state index in [9.17, 15) is 9.59 Å². The number of hydrogen-bond donors (Lipinski definition) is 2. The van der Waals surface area contributed by atoms with Crippen LogP contribution in [-0.4, -0.2) is 35.8 Å². The Labute approximate surface area is 174 Å². The molecule has 6 nitrogen and oxygen atoms in total. The molecule has 1 saturated carbocycles. The Morgan fingerprint density at radius 2 is 1.69 bits per heavy atom. The molecule has 1 aliphatic carbocycles. The maximum atomic E-state index is 13.0. The number of ether oxygens (including phenoxy) is 2. The summed E-state index contributed by atoms with van der Waals surface area (Å²) in [4.78, 5) is 25.3. The monoisotopic (exact) mass is 404 g/mol. The lowest BCUT2D eigenvalue weighted by Gasteiger charge is -2.28. The Hall–Kier alpha value is -2.08. The van der Waals surface area contributed by atoms with Crippen LogP contribution >= 0.6 is 0 Å². The molecule has 0 saturated heterocycles. The molecule has 2 amide bonds. The van der Waals surface area contributed by atoms with Gasteiger partial charge in [0, 0.05) is 6.04 Å². The molecule has 0 bridgehead atoms. The smallest absolute Gasteiger partial charge is 0.408 e. The first-order valence-corrected chi connectivity index (χ1v) is 10.7. The van der Waals surface area contributed by atoms with Crippen molar-refractivity contribution in [3.8, 4) is 0 Å². The number of amides is 2. The number of hydrogen-bond acceptors (Lipinski definition) is 4. The molecular weight excluding hydrogens is 368 g/mol. The molecule has 0 radical (unpaired) electrons. The average molecular weight is 405 g/mol. The molecule has 1 aliphatic rings. The second-order valence-electron chi connectivity index (χ2n) is 8.82. The maximum absolute atomic E-state index is 13.0. The Balaban J connectivity index is 2.02. The number of carbonyl (C=O) groups is 2. The number of alkyl carbamates (subject to hydrolysis) is 1. The summed E-state index contributed by atoms with van der Waals surface area (Å²) in [5.74, 6) is -0.219. The fourth-order valence-corrected chi connectivity index (χ4v) is 3.44. The number of rotatable bonds is 7. The normalized spacial score (nSPS) is 17.7. The van der Waals surface area contributed by atoms with Gasteiger partial charge in [-0.1, -0.05) is 56.0 Å².